The van der Waals surface area contributed by atoms with E-state index in [0.29, 0.717) is 28.2 Å². The maximum absolute atomic E-state index is 6.43. The van der Waals surface area contributed by atoms with Gasteiger partial charge in [0.1, 0.15) is 0 Å². The average molecular weight is 242 g/mol. The quantitative estimate of drug-likeness (QED) is 0.684. The van der Waals surface area contributed by atoms with Gasteiger partial charge in [-0.05, 0) is 35.7 Å². The van der Waals surface area contributed by atoms with Crippen LogP contribution in [0, 0.1) is 33.5 Å². The topological polar surface area (TPSA) is 52.0 Å². The first kappa shape index (κ1) is 10.1. The molecule has 5 rings (SSSR count). The number of allylic oxidation sites excluding steroid dienone is 4. The molecule has 0 aromatic heterocycles. The van der Waals surface area contributed by atoms with Crippen LogP contribution in [0.5, 0.6) is 0 Å². The van der Waals surface area contributed by atoms with Crippen molar-refractivity contribution in [2.24, 2.45) is 45.0 Å². The molecule has 5 aliphatic rings. The summed E-state index contributed by atoms with van der Waals surface area (Å²) < 4.78 is 0. The highest BCUT2D eigenvalue weighted by Gasteiger charge is 2.99. The zero-order valence-corrected chi connectivity index (χ0v) is 11.5. The summed E-state index contributed by atoms with van der Waals surface area (Å²) in [7, 11) is 0. The minimum Gasteiger partial charge on any atom is -0.402 e. The second kappa shape index (κ2) is 2.11. The van der Waals surface area contributed by atoms with Crippen LogP contribution >= 0.6 is 0 Å². The van der Waals surface area contributed by atoms with E-state index in [1.807, 2.05) is 0 Å². The van der Waals surface area contributed by atoms with Gasteiger partial charge >= 0.3 is 0 Å². The lowest BCUT2D eigenvalue weighted by Crippen LogP contribution is -2.73. The van der Waals surface area contributed by atoms with E-state index in [4.69, 9.17) is 11.5 Å². The van der Waals surface area contributed by atoms with E-state index in [-0.39, 0.29) is 5.41 Å². The highest BCUT2D eigenvalue weighted by molar-refractivity contribution is 5.66. The third-order valence-corrected chi connectivity index (χ3v) is 8.39. The largest absolute Gasteiger partial charge is 0.402 e. The van der Waals surface area contributed by atoms with Crippen molar-refractivity contribution in [1.29, 1.82) is 0 Å². The molecule has 5 aliphatic carbocycles. The number of hydrogen-bond donors (Lipinski definition) is 2. The molecule has 4 N–H and O–H groups in total. The highest BCUT2D eigenvalue weighted by Crippen LogP contribution is 3.03. The SMILES string of the molecule is CC1C(N)CC12C13CC2(C)C2(C)C(N)=CC=C1C23. The summed E-state index contributed by atoms with van der Waals surface area (Å²) in [5, 5.41) is 0. The molecule has 0 aromatic carbocycles. The van der Waals surface area contributed by atoms with Crippen molar-refractivity contribution in [2.45, 2.75) is 39.7 Å². The summed E-state index contributed by atoms with van der Waals surface area (Å²) >= 11 is 0. The van der Waals surface area contributed by atoms with Crippen molar-refractivity contribution in [3.63, 3.8) is 0 Å². The first-order valence-corrected chi connectivity index (χ1v) is 7.32. The van der Waals surface area contributed by atoms with E-state index in [1.54, 1.807) is 5.57 Å². The Morgan fingerprint density at radius 2 is 2.00 bits per heavy atom. The fourth-order valence-corrected chi connectivity index (χ4v) is 7.49. The van der Waals surface area contributed by atoms with E-state index in [1.165, 1.54) is 12.8 Å². The van der Waals surface area contributed by atoms with Gasteiger partial charge in [-0.3, -0.25) is 0 Å². The second-order valence-electron chi connectivity index (χ2n) is 7.99. The monoisotopic (exact) mass is 242 g/mol. The first-order valence-electron chi connectivity index (χ1n) is 7.32. The summed E-state index contributed by atoms with van der Waals surface area (Å²) in [6.07, 6.45) is 7.10. The molecule has 4 fully saturated rings. The third kappa shape index (κ3) is 0.505. The third-order valence-electron chi connectivity index (χ3n) is 8.39. The van der Waals surface area contributed by atoms with Crippen LogP contribution in [0.1, 0.15) is 33.6 Å². The molecule has 7 unspecified atom stereocenters. The Balaban J connectivity index is 1.79. The molecule has 0 saturated heterocycles. The maximum atomic E-state index is 6.43. The summed E-state index contributed by atoms with van der Waals surface area (Å²) in [4.78, 5) is 0. The predicted molar refractivity (Wildman–Crippen MR) is 71.3 cm³/mol. The Morgan fingerprint density at radius 1 is 1.28 bits per heavy atom. The molecule has 0 aliphatic heterocycles. The lowest BCUT2D eigenvalue weighted by Gasteiger charge is -2.74. The van der Waals surface area contributed by atoms with Crippen LogP contribution in [0.3, 0.4) is 0 Å². The predicted octanol–water partition coefficient (Wildman–Crippen LogP) is 2.17. The number of fused-ring (bicyclic) bond motifs is 1. The zero-order chi connectivity index (χ0) is 12.7. The normalized spacial score (nSPS) is 69.9. The lowest BCUT2D eigenvalue weighted by molar-refractivity contribution is -0.235. The van der Waals surface area contributed by atoms with E-state index in [2.05, 4.69) is 32.9 Å². The summed E-state index contributed by atoms with van der Waals surface area (Å²) in [6, 6.07) is 0.413. The lowest BCUT2D eigenvalue weighted by atomic mass is 9.30. The average Bonchev–Trinajstić information content (AvgIpc) is 2.90. The molecule has 2 bridgehead atoms. The van der Waals surface area contributed by atoms with Crippen LogP contribution in [-0.4, -0.2) is 6.04 Å². The fourth-order valence-electron chi connectivity index (χ4n) is 7.49. The van der Waals surface area contributed by atoms with Gasteiger partial charge in [-0.2, -0.15) is 0 Å². The van der Waals surface area contributed by atoms with Gasteiger partial charge in [0, 0.05) is 28.5 Å². The van der Waals surface area contributed by atoms with Gasteiger partial charge < -0.3 is 11.5 Å². The molecule has 0 aromatic rings. The standard InChI is InChI=1S/C16H22N2/c1-8-10(17)6-16(8)13(2)7-15(16)9-4-5-11(18)14(13,3)12(9)15/h4-5,8,10,12H,6-7,17-18H2,1-3H3. The van der Waals surface area contributed by atoms with Crippen LogP contribution in [-0.2, 0) is 0 Å². The summed E-state index contributed by atoms with van der Waals surface area (Å²) in [5.74, 6) is 1.41. The molecule has 18 heavy (non-hydrogen) atoms. The molecule has 2 nitrogen and oxygen atoms in total. The Kier molecular flexibility index (Phi) is 1.18. The van der Waals surface area contributed by atoms with Crippen molar-refractivity contribution < 1.29 is 0 Å². The molecule has 2 heteroatoms. The van der Waals surface area contributed by atoms with Crippen molar-refractivity contribution in [1.82, 2.24) is 0 Å². The van der Waals surface area contributed by atoms with Crippen molar-refractivity contribution >= 4 is 0 Å². The number of rotatable bonds is 0. The van der Waals surface area contributed by atoms with Crippen LogP contribution in [0.15, 0.2) is 23.4 Å². The van der Waals surface area contributed by atoms with Gasteiger partial charge in [-0.25, -0.2) is 0 Å². The van der Waals surface area contributed by atoms with Crippen molar-refractivity contribution in [2.75, 3.05) is 0 Å². The van der Waals surface area contributed by atoms with Crippen molar-refractivity contribution in [3.05, 3.63) is 23.4 Å². The Bertz CT molecular complexity index is 576. The highest BCUT2D eigenvalue weighted by atomic mass is 15.0. The molecule has 7 atom stereocenters. The molecule has 0 amide bonds. The van der Waals surface area contributed by atoms with Crippen molar-refractivity contribution in [3.8, 4) is 0 Å². The van der Waals surface area contributed by atoms with Gasteiger partial charge in [-0.15, -0.1) is 0 Å². The second-order valence-corrected chi connectivity index (χ2v) is 7.99. The smallest absolute Gasteiger partial charge is 0.0204 e. The Morgan fingerprint density at radius 3 is 2.56 bits per heavy atom. The molecule has 0 heterocycles. The summed E-state index contributed by atoms with van der Waals surface area (Å²) in [6.45, 7) is 7.31. The number of hydrogen-bond acceptors (Lipinski definition) is 2. The molecule has 4 saturated carbocycles. The van der Waals surface area contributed by atoms with Gasteiger partial charge in [0.25, 0.3) is 0 Å². The van der Waals surface area contributed by atoms with Crippen LogP contribution < -0.4 is 11.5 Å². The van der Waals surface area contributed by atoms with Crippen LogP contribution in [0.4, 0.5) is 0 Å². The molecule has 96 valence electrons. The minimum atomic E-state index is 0.214. The minimum absolute atomic E-state index is 0.214. The summed E-state index contributed by atoms with van der Waals surface area (Å²) in [5.41, 5.74) is 17.1. The molecular formula is C16H22N2. The fraction of sp³-hybridized carbons (Fsp3) is 0.750. The Hall–Kier alpha value is -0.760. The van der Waals surface area contributed by atoms with E-state index >= 15 is 0 Å². The van der Waals surface area contributed by atoms with E-state index in [0.717, 1.165) is 11.6 Å². The zero-order valence-electron chi connectivity index (χ0n) is 11.5. The number of nitrogens with two attached hydrogens (primary N) is 2. The van der Waals surface area contributed by atoms with E-state index < -0.39 is 0 Å². The van der Waals surface area contributed by atoms with Gasteiger partial charge in [0.2, 0.25) is 0 Å². The van der Waals surface area contributed by atoms with Gasteiger partial charge in [0.05, 0.1) is 0 Å². The molecule has 0 radical (unpaired) electrons. The van der Waals surface area contributed by atoms with Crippen LogP contribution in [0.25, 0.3) is 0 Å². The van der Waals surface area contributed by atoms with Gasteiger partial charge in [0.15, 0.2) is 0 Å². The Labute approximate surface area is 108 Å². The van der Waals surface area contributed by atoms with Gasteiger partial charge in [-0.1, -0.05) is 32.4 Å². The van der Waals surface area contributed by atoms with Crippen LogP contribution in [0.2, 0.25) is 0 Å². The van der Waals surface area contributed by atoms with E-state index in [9.17, 15) is 0 Å². The maximum Gasteiger partial charge on any atom is 0.0204 e. The molecular weight excluding hydrogens is 220 g/mol. The molecule has 2 spiro atoms. The first-order chi connectivity index (χ1) is 8.38.